The first-order chi connectivity index (χ1) is 13.6. The third-order valence-electron chi connectivity index (χ3n) is 7.86. The lowest BCUT2D eigenvalue weighted by Crippen LogP contribution is -2.27. The number of fused-ring (bicyclic) bond motifs is 4. The summed E-state index contributed by atoms with van der Waals surface area (Å²) in [5.41, 5.74) is 8.01. The van der Waals surface area contributed by atoms with Gasteiger partial charge in [-0.3, -0.25) is 0 Å². The Bertz CT molecular complexity index is 1060. The molecule has 0 heterocycles. The molecule has 0 aliphatic heterocycles. The fourth-order valence-corrected chi connectivity index (χ4v) is 7.02. The van der Waals surface area contributed by atoms with Gasteiger partial charge < -0.3 is 0 Å². The van der Waals surface area contributed by atoms with E-state index in [1.165, 1.54) is 29.5 Å². The highest BCUT2D eigenvalue weighted by Crippen LogP contribution is 2.63. The summed E-state index contributed by atoms with van der Waals surface area (Å²) in [5, 5.41) is 0.849. The molecule has 3 aliphatic carbocycles. The fourth-order valence-electron chi connectivity index (χ4n) is 6.69. The number of rotatable bonds is 1. The predicted octanol–water partition coefficient (Wildman–Crippen LogP) is 7.68. The van der Waals surface area contributed by atoms with Crippen LogP contribution in [0.15, 0.2) is 65.7 Å². The number of allylic oxidation sites excluding steroid dienone is 4. The molecule has 1 heteroatoms. The summed E-state index contributed by atoms with van der Waals surface area (Å²) in [6.45, 7) is 12.0. The Kier molecular flexibility index (Phi) is 3.89. The monoisotopic (exact) mass is 402 g/mol. The summed E-state index contributed by atoms with van der Waals surface area (Å²) in [6, 6.07) is 16.5. The molecule has 0 nitrogen and oxygen atoms in total. The van der Waals surface area contributed by atoms with E-state index in [4.69, 9.17) is 11.6 Å². The van der Waals surface area contributed by atoms with Gasteiger partial charge in [0, 0.05) is 15.9 Å². The SMILES string of the molecule is CC1(C)CC2(CC(C)(C)c3ccc(C4(C)C=C(Cl)C=CC4)cc32)c2ccccc21. The minimum absolute atomic E-state index is 0.0393. The van der Waals surface area contributed by atoms with E-state index in [1.54, 1.807) is 11.1 Å². The first-order valence-electron chi connectivity index (χ1n) is 10.9. The Morgan fingerprint density at radius 2 is 1.38 bits per heavy atom. The number of benzene rings is 2. The van der Waals surface area contributed by atoms with Gasteiger partial charge in [0.05, 0.1) is 0 Å². The standard InChI is InChI=1S/C28H31Cl/c1-25(2)17-28(23-11-7-6-10-21(23)25)18-26(3,4)22-13-12-19(15-24(22)28)27(5)14-8-9-20(29)16-27/h6-13,15-16H,14,17-18H2,1-5H3. The molecule has 5 rings (SSSR count). The van der Waals surface area contributed by atoms with Crippen molar-refractivity contribution in [3.05, 3.63) is 93.5 Å². The lowest BCUT2D eigenvalue weighted by Gasteiger charge is -2.32. The van der Waals surface area contributed by atoms with Crippen LogP contribution in [-0.2, 0) is 21.7 Å². The second-order valence-electron chi connectivity index (χ2n) is 11.1. The van der Waals surface area contributed by atoms with E-state index >= 15 is 0 Å². The number of hydrogen-bond donors (Lipinski definition) is 0. The minimum atomic E-state index is -0.0393. The largest absolute Gasteiger partial charge is 0.0847 e. The zero-order chi connectivity index (χ0) is 20.7. The molecule has 2 aromatic rings. The van der Waals surface area contributed by atoms with Gasteiger partial charge in [0.2, 0.25) is 0 Å². The number of hydrogen-bond acceptors (Lipinski definition) is 0. The van der Waals surface area contributed by atoms with Gasteiger partial charge in [0.1, 0.15) is 0 Å². The van der Waals surface area contributed by atoms with Crippen molar-refractivity contribution >= 4 is 11.6 Å². The van der Waals surface area contributed by atoms with Crippen molar-refractivity contribution in [3.8, 4) is 0 Å². The van der Waals surface area contributed by atoms with Crippen LogP contribution in [0.5, 0.6) is 0 Å². The van der Waals surface area contributed by atoms with Gasteiger partial charge in [0.25, 0.3) is 0 Å². The average Bonchev–Trinajstić information content (AvgIpc) is 3.02. The molecule has 29 heavy (non-hydrogen) atoms. The Hall–Kier alpha value is -1.79. The quantitative estimate of drug-likeness (QED) is 0.458. The van der Waals surface area contributed by atoms with Crippen LogP contribution >= 0.6 is 11.6 Å². The van der Waals surface area contributed by atoms with E-state index in [0.29, 0.717) is 0 Å². The molecule has 0 aromatic heterocycles. The van der Waals surface area contributed by atoms with Crippen molar-refractivity contribution in [1.82, 2.24) is 0 Å². The van der Waals surface area contributed by atoms with Crippen molar-refractivity contribution in [3.63, 3.8) is 0 Å². The second kappa shape index (κ2) is 5.88. The Morgan fingerprint density at radius 1 is 0.759 bits per heavy atom. The summed E-state index contributed by atoms with van der Waals surface area (Å²) >= 11 is 6.41. The van der Waals surface area contributed by atoms with Gasteiger partial charge >= 0.3 is 0 Å². The first kappa shape index (κ1) is 19.2. The zero-order valence-corrected chi connectivity index (χ0v) is 19.0. The Labute approximate surface area is 180 Å². The zero-order valence-electron chi connectivity index (χ0n) is 18.3. The summed E-state index contributed by atoms with van der Waals surface area (Å²) in [6.07, 6.45) is 9.84. The maximum Gasteiger partial charge on any atom is 0.0371 e. The molecule has 0 fully saturated rings. The van der Waals surface area contributed by atoms with E-state index in [1.807, 2.05) is 6.08 Å². The van der Waals surface area contributed by atoms with Crippen LogP contribution in [0.2, 0.25) is 0 Å². The molecule has 0 radical (unpaired) electrons. The number of halogens is 1. The van der Waals surface area contributed by atoms with E-state index in [-0.39, 0.29) is 21.7 Å². The highest BCUT2D eigenvalue weighted by Gasteiger charge is 2.56. The molecule has 0 saturated carbocycles. The van der Waals surface area contributed by atoms with Crippen LogP contribution in [0.1, 0.15) is 81.7 Å². The van der Waals surface area contributed by atoms with Crippen molar-refractivity contribution in [2.75, 3.05) is 0 Å². The Morgan fingerprint density at radius 3 is 2.03 bits per heavy atom. The van der Waals surface area contributed by atoms with Crippen molar-refractivity contribution in [2.45, 2.75) is 75.5 Å². The maximum atomic E-state index is 6.41. The van der Waals surface area contributed by atoms with Gasteiger partial charge in [-0.15, -0.1) is 0 Å². The van der Waals surface area contributed by atoms with E-state index in [2.05, 4.69) is 89.2 Å². The molecule has 0 amide bonds. The minimum Gasteiger partial charge on any atom is -0.0847 e. The third-order valence-corrected chi connectivity index (χ3v) is 8.09. The van der Waals surface area contributed by atoms with Crippen molar-refractivity contribution in [1.29, 1.82) is 0 Å². The van der Waals surface area contributed by atoms with Gasteiger partial charge in [-0.1, -0.05) is 101 Å². The molecule has 2 unspecified atom stereocenters. The van der Waals surface area contributed by atoms with Crippen LogP contribution in [0, 0.1) is 0 Å². The lowest BCUT2D eigenvalue weighted by atomic mass is 9.71. The maximum absolute atomic E-state index is 6.41. The molecule has 1 spiro atoms. The van der Waals surface area contributed by atoms with Crippen LogP contribution in [0.4, 0.5) is 0 Å². The van der Waals surface area contributed by atoms with Crippen LogP contribution in [-0.4, -0.2) is 0 Å². The fraction of sp³-hybridized carbons (Fsp3) is 0.429. The summed E-state index contributed by atoms with van der Waals surface area (Å²) in [7, 11) is 0. The molecule has 0 N–H and O–H groups in total. The third kappa shape index (κ3) is 2.65. The van der Waals surface area contributed by atoms with Gasteiger partial charge in [-0.2, -0.15) is 0 Å². The normalized spacial score (nSPS) is 30.9. The van der Waals surface area contributed by atoms with Gasteiger partial charge in [-0.25, -0.2) is 0 Å². The van der Waals surface area contributed by atoms with E-state index in [0.717, 1.165) is 11.5 Å². The molecule has 3 aliphatic rings. The van der Waals surface area contributed by atoms with Gasteiger partial charge in [-0.05, 0) is 64.0 Å². The summed E-state index contributed by atoms with van der Waals surface area (Å²) in [5.74, 6) is 0. The smallest absolute Gasteiger partial charge is 0.0371 e. The molecular formula is C28H31Cl. The molecule has 2 aromatic carbocycles. The topological polar surface area (TPSA) is 0 Å². The van der Waals surface area contributed by atoms with E-state index < -0.39 is 0 Å². The lowest BCUT2D eigenvalue weighted by molar-refractivity contribution is 0.349. The van der Waals surface area contributed by atoms with Crippen LogP contribution in [0.3, 0.4) is 0 Å². The van der Waals surface area contributed by atoms with Crippen molar-refractivity contribution in [2.24, 2.45) is 0 Å². The molecule has 2 atom stereocenters. The predicted molar refractivity (Wildman–Crippen MR) is 124 cm³/mol. The highest BCUT2D eigenvalue weighted by molar-refractivity contribution is 6.31. The molecule has 0 saturated heterocycles. The summed E-state index contributed by atoms with van der Waals surface area (Å²) in [4.78, 5) is 0. The Balaban J connectivity index is 1.74. The second-order valence-corrected chi connectivity index (χ2v) is 11.5. The average molecular weight is 403 g/mol. The van der Waals surface area contributed by atoms with Crippen LogP contribution in [0.25, 0.3) is 0 Å². The highest BCUT2D eigenvalue weighted by atomic mass is 35.5. The van der Waals surface area contributed by atoms with Crippen molar-refractivity contribution < 1.29 is 0 Å². The summed E-state index contributed by atoms with van der Waals surface area (Å²) < 4.78 is 0. The molecule has 150 valence electrons. The first-order valence-corrected chi connectivity index (χ1v) is 11.3. The molecule has 0 bridgehead atoms. The van der Waals surface area contributed by atoms with Crippen LogP contribution < -0.4 is 0 Å². The van der Waals surface area contributed by atoms with Gasteiger partial charge in [0.15, 0.2) is 0 Å². The molecular weight excluding hydrogens is 372 g/mol. The van der Waals surface area contributed by atoms with E-state index in [9.17, 15) is 0 Å².